The largest absolute Gasteiger partial charge is 0.494 e. The van der Waals surface area contributed by atoms with E-state index in [1.54, 1.807) is 12.3 Å². The normalized spacial score (nSPS) is 11.3. The van der Waals surface area contributed by atoms with Crippen LogP contribution in [-0.2, 0) is 0 Å². The van der Waals surface area contributed by atoms with Crippen LogP contribution in [0.25, 0.3) is 27.5 Å². The first-order valence-corrected chi connectivity index (χ1v) is 7.24. The van der Waals surface area contributed by atoms with Gasteiger partial charge in [-0.1, -0.05) is 6.07 Å². The average molecular weight is 307 g/mol. The van der Waals surface area contributed by atoms with E-state index in [0.29, 0.717) is 5.52 Å². The Morgan fingerprint density at radius 1 is 1.13 bits per heavy atom. The second-order valence-corrected chi connectivity index (χ2v) is 5.46. The number of benzene rings is 1. The van der Waals surface area contributed by atoms with Crippen molar-refractivity contribution in [2.24, 2.45) is 0 Å². The van der Waals surface area contributed by atoms with E-state index in [-0.39, 0.29) is 5.75 Å². The predicted molar refractivity (Wildman–Crippen MR) is 87.2 cm³/mol. The van der Waals surface area contributed by atoms with Crippen molar-refractivity contribution in [3.05, 3.63) is 60.3 Å². The minimum Gasteiger partial charge on any atom is -0.494 e. The number of hydrogen-bond donors (Lipinski definition) is 0. The standard InChI is InChI=1S/C18H14FN3O/c1-11-3-4-17-14(9-21-22(17)10-11)12-5-6-20-16-8-15(19)18(23-2)7-13(12)16/h3-10H,1-2H3. The summed E-state index contributed by atoms with van der Waals surface area (Å²) in [7, 11) is 1.46. The average Bonchev–Trinajstić information content (AvgIpc) is 2.96. The summed E-state index contributed by atoms with van der Waals surface area (Å²) in [6, 6.07) is 9.07. The van der Waals surface area contributed by atoms with Gasteiger partial charge in [0.25, 0.3) is 0 Å². The molecule has 5 heteroatoms. The third-order valence-electron chi connectivity index (χ3n) is 3.97. The fourth-order valence-electron chi connectivity index (χ4n) is 2.83. The Hall–Kier alpha value is -2.95. The Morgan fingerprint density at radius 3 is 2.83 bits per heavy atom. The number of fused-ring (bicyclic) bond motifs is 2. The molecule has 4 rings (SSSR count). The van der Waals surface area contributed by atoms with Gasteiger partial charge < -0.3 is 4.74 Å². The maximum Gasteiger partial charge on any atom is 0.167 e. The molecule has 0 saturated carbocycles. The molecule has 23 heavy (non-hydrogen) atoms. The Bertz CT molecular complexity index is 1040. The van der Waals surface area contributed by atoms with E-state index < -0.39 is 5.82 Å². The van der Waals surface area contributed by atoms with Gasteiger partial charge in [0.1, 0.15) is 0 Å². The highest BCUT2D eigenvalue weighted by Crippen LogP contribution is 2.33. The van der Waals surface area contributed by atoms with Crippen molar-refractivity contribution >= 4 is 16.4 Å². The van der Waals surface area contributed by atoms with Gasteiger partial charge in [0.2, 0.25) is 0 Å². The molecule has 0 unspecified atom stereocenters. The van der Waals surface area contributed by atoms with Crippen molar-refractivity contribution in [3.8, 4) is 16.9 Å². The summed E-state index contributed by atoms with van der Waals surface area (Å²) in [5.74, 6) is -0.209. The molecule has 1 aromatic carbocycles. The third kappa shape index (κ3) is 2.12. The molecule has 0 N–H and O–H groups in total. The molecule has 0 radical (unpaired) electrons. The van der Waals surface area contributed by atoms with Crippen molar-refractivity contribution in [1.29, 1.82) is 0 Å². The monoisotopic (exact) mass is 307 g/mol. The van der Waals surface area contributed by atoms with Crippen LogP contribution in [0, 0.1) is 12.7 Å². The number of aromatic nitrogens is 3. The van der Waals surface area contributed by atoms with Crippen molar-refractivity contribution in [1.82, 2.24) is 14.6 Å². The zero-order valence-electron chi connectivity index (χ0n) is 12.7. The van der Waals surface area contributed by atoms with Crippen LogP contribution in [0.3, 0.4) is 0 Å². The van der Waals surface area contributed by atoms with Crippen molar-refractivity contribution in [2.75, 3.05) is 7.11 Å². The lowest BCUT2D eigenvalue weighted by molar-refractivity contribution is 0.387. The second kappa shape index (κ2) is 5.05. The number of pyridine rings is 2. The van der Waals surface area contributed by atoms with Gasteiger partial charge in [0.05, 0.1) is 24.3 Å². The molecule has 0 atom stereocenters. The van der Waals surface area contributed by atoms with Gasteiger partial charge in [0.15, 0.2) is 11.6 Å². The maximum absolute atomic E-state index is 13.9. The molecular formula is C18H14FN3O. The topological polar surface area (TPSA) is 39.4 Å². The number of nitrogens with zero attached hydrogens (tertiary/aromatic N) is 3. The third-order valence-corrected chi connectivity index (χ3v) is 3.97. The van der Waals surface area contributed by atoms with Gasteiger partial charge in [-0.25, -0.2) is 8.91 Å². The van der Waals surface area contributed by atoms with Crippen LogP contribution >= 0.6 is 0 Å². The van der Waals surface area contributed by atoms with Crippen LogP contribution in [0.5, 0.6) is 5.75 Å². The minimum absolute atomic E-state index is 0.207. The zero-order chi connectivity index (χ0) is 16.0. The smallest absolute Gasteiger partial charge is 0.167 e. The first-order chi connectivity index (χ1) is 11.2. The number of hydrogen-bond acceptors (Lipinski definition) is 3. The molecule has 3 aromatic heterocycles. The van der Waals surface area contributed by atoms with E-state index in [1.807, 2.05) is 42.0 Å². The molecule has 4 nitrogen and oxygen atoms in total. The Morgan fingerprint density at radius 2 is 2.00 bits per heavy atom. The highest BCUT2D eigenvalue weighted by Gasteiger charge is 2.13. The maximum atomic E-state index is 13.9. The quantitative estimate of drug-likeness (QED) is 0.562. The molecule has 0 saturated heterocycles. The molecule has 0 amide bonds. The Balaban J connectivity index is 2.04. The predicted octanol–water partition coefficient (Wildman–Crippen LogP) is 4.01. The summed E-state index contributed by atoms with van der Waals surface area (Å²) < 4.78 is 20.9. The summed E-state index contributed by atoms with van der Waals surface area (Å²) in [6.07, 6.45) is 5.48. The summed E-state index contributed by atoms with van der Waals surface area (Å²) in [5, 5.41) is 5.25. The van der Waals surface area contributed by atoms with E-state index in [2.05, 4.69) is 10.1 Å². The van der Waals surface area contributed by atoms with Crippen molar-refractivity contribution in [2.45, 2.75) is 6.92 Å². The SMILES string of the molecule is COc1cc2c(-c3cnn4cc(C)ccc34)ccnc2cc1F. The summed E-state index contributed by atoms with van der Waals surface area (Å²) >= 11 is 0. The zero-order valence-corrected chi connectivity index (χ0v) is 12.7. The van der Waals surface area contributed by atoms with Gasteiger partial charge in [-0.2, -0.15) is 5.10 Å². The van der Waals surface area contributed by atoms with Gasteiger partial charge in [0, 0.05) is 29.4 Å². The lowest BCUT2D eigenvalue weighted by atomic mass is 10.0. The van der Waals surface area contributed by atoms with Gasteiger partial charge >= 0.3 is 0 Å². The Labute approximate surface area is 132 Å². The number of ether oxygens (including phenoxy) is 1. The van der Waals surface area contributed by atoms with Gasteiger partial charge in [-0.05, 0) is 36.2 Å². The van der Waals surface area contributed by atoms with Crippen LogP contribution in [0.1, 0.15) is 5.56 Å². The fourth-order valence-corrected chi connectivity index (χ4v) is 2.83. The molecule has 114 valence electrons. The molecule has 0 aliphatic carbocycles. The van der Waals surface area contributed by atoms with Gasteiger partial charge in [-0.15, -0.1) is 0 Å². The lowest BCUT2D eigenvalue weighted by Gasteiger charge is -2.08. The van der Waals surface area contributed by atoms with Crippen LogP contribution in [0.4, 0.5) is 4.39 Å². The molecule has 0 fully saturated rings. The fraction of sp³-hybridized carbons (Fsp3) is 0.111. The van der Waals surface area contributed by atoms with Crippen LogP contribution in [0.15, 0.2) is 48.9 Å². The van der Waals surface area contributed by atoms with E-state index in [1.165, 1.54) is 13.2 Å². The molecular weight excluding hydrogens is 293 g/mol. The Kier molecular flexibility index (Phi) is 3.01. The highest BCUT2D eigenvalue weighted by atomic mass is 19.1. The van der Waals surface area contributed by atoms with Crippen LogP contribution in [0.2, 0.25) is 0 Å². The number of methoxy groups -OCH3 is 1. The van der Waals surface area contributed by atoms with E-state index in [0.717, 1.165) is 27.6 Å². The van der Waals surface area contributed by atoms with Crippen molar-refractivity contribution in [3.63, 3.8) is 0 Å². The van der Waals surface area contributed by atoms with Gasteiger partial charge in [-0.3, -0.25) is 4.98 Å². The molecule has 0 aliphatic rings. The first-order valence-electron chi connectivity index (χ1n) is 7.24. The molecule has 4 aromatic rings. The van der Waals surface area contributed by atoms with Crippen LogP contribution in [-0.4, -0.2) is 21.7 Å². The highest BCUT2D eigenvalue weighted by molar-refractivity contribution is 5.99. The summed E-state index contributed by atoms with van der Waals surface area (Å²) in [4.78, 5) is 4.26. The molecule has 3 heterocycles. The second-order valence-electron chi connectivity index (χ2n) is 5.46. The van der Waals surface area contributed by atoms with Crippen LogP contribution < -0.4 is 4.74 Å². The van der Waals surface area contributed by atoms with E-state index >= 15 is 0 Å². The molecule has 0 spiro atoms. The van der Waals surface area contributed by atoms with E-state index in [9.17, 15) is 4.39 Å². The summed E-state index contributed by atoms with van der Waals surface area (Å²) in [5.41, 5.74) is 4.65. The lowest BCUT2D eigenvalue weighted by Crippen LogP contribution is -1.91. The number of halogens is 1. The molecule has 0 aliphatic heterocycles. The van der Waals surface area contributed by atoms with E-state index in [4.69, 9.17) is 4.74 Å². The minimum atomic E-state index is -0.417. The molecule has 0 bridgehead atoms. The van der Waals surface area contributed by atoms with Crippen molar-refractivity contribution < 1.29 is 9.13 Å². The number of aryl methyl sites for hydroxylation is 1. The summed E-state index contributed by atoms with van der Waals surface area (Å²) in [6.45, 7) is 2.02. The number of rotatable bonds is 2. The first kappa shape index (κ1) is 13.7.